The minimum atomic E-state index is -0.164. The largest absolute Gasteiger partial charge is 0.490 e. The molecule has 2 heterocycles. The Hall–Kier alpha value is -2.99. The molecule has 1 saturated heterocycles. The Kier molecular flexibility index (Phi) is 6.23. The molecule has 0 N–H and O–H groups in total. The van der Waals surface area contributed by atoms with Gasteiger partial charge in [-0.25, -0.2) is 0 Å². The zero-order valence-corrected chi connectivity index (χ0v) is 17.9. The number of aliphatic imine (C=N–C) groups is 1. The number of nitrogens with zero attached hydrogens (tertiary/aromatic N) is 3. The van der Waals surface area contributed by atoms with Gasteiger partial charge in [0.2, 0.25) is 0 Å². The van der Waals surface area contributed by atoms with Crippen LogP contribution in [0.4, 0.5) is 5.69 Å². The molecule has 0 spiro atoms. The van der Waals surface area contributed by atoms with E-state index in [1.807, 2.05) is 30.3 Å². The van der Waals surface area contributed by atoms with Crippen molar-refractivity contribution in [1.29, 1.82) is 0 Å². The van der Waals surface area contributed by atoms with Gasteiger partial charge in [-0.3, -0.25) is 4.79 Å². The van der Waals surface area contributed by atoms with Crippen molar-refractivity contribution in [2.75, 3.05) is 37.7 Å². The molecule has 5 nitrogen and oxygen atoms in total. The molecule has 0 unspecified atom stereocenters. The average Bonchev–Trinajstić information content (AvgIpc) is 3.14. The third-order valence-corrected chi connectivity index (χ3v) is 6.15. The highest BCUT2D eigenvalue weighted by Gasteiger charge is 2.28. The van der Waals surface area contributed by atoms with Crippen molar-refractivity contribution < 1.29 is 9.53 Å². The smallest absolute Gasteiger partial charge is 0.286 e. The highest BCUT2D eigenvalue weighted by atomic mass is 32.2. The van der Waals surface area contributed by atoms with Crippen LogP contribution in [0.25, 0.3) is 6.08 Å². The number of aryl methyl sites for hydroxylation is 1. The molecule has 4 rings (SSSR count). The van der Waals surface area contributed by atoms with E-state index in [0.29, 0.717) is 11.5 Å². The predicted molar refractivity (Wildman–Crippen MR) is 125 cm³/mol. The van der Waals surface area contributed by atoms with Gasteiger partial charge in [0, 0.05) is 31.9 Å². The highest BCUT2D eigenvalue weighted by molar-refractivity contribution is 8.18. The van der Waals surface area contributed by atoms with Crippen molar-refractivity contribution >= 4 is 34.6 Å². The first kappa shape index (κ1) is 20.3. The minimum Gasteiger partial charge on any atom is -0.490 e. The molecule has 2 aliphatic rings. The second-order valence-corrected chi connectivity index (χ2v) is 8.30. The Balaban J connectivity index is 1.35. The van der Waals surface area contributed by atoms with E-state index < -0.39 is 0 Å². The van der Waals surface area contributed by atoms with Gasteiger partial charge < -0.3 is 14.5 Å². The summed E-state index contributed by atoms with van der Waals surface area (Å²) in [4.78, 5) is 22.0. The van der Waals surface area contributed by atoms with Gasteiger partial charge in [-0.1, -0.05) is 42.5 Å². The monoisotopic (exact) mass is 419 g/mol. The van der Waals surface area contributed by atoms with Gasteiger partial charge in [0.15, 0.2) is 5.17 Å². The zero-order valence-electron chi connectivity index (χ0n) is 17.1. The number of amidine groups is 1. The number of carbonyl (C=O) groups excluding carboxylic acids is 1. The molecular weight excluding hydrogens is 394 g/mol. The maximum atomic E-state index is 12.4. The second kappa shape index (κ2) is 9.22. The number of hydrogen-bond donors (Lipinski definition) is 0. The number of thioether (sulfide) groups is 1. The molecule has 1 amide bonds. The van der Waals surface area contributed by atoms with Crippen LogP contribution in [0.15, 0.2) is 71.1 Å². The summed E-state index contributed by atoms with van der Waals surface area (Å²) in [5, 5.41) is 0.806. The number of amides is 1. The normalized spacial score (nSPS) is 18.0. The SMILES string of the molecule is C=CCOc1ccc(/C=C2\SC(N3CCN(c4ccc(C)cc4)CC3)=NC2=O)cc1. The van der Waals surface area contributed by atoms with E-state index in [0.717, 1.165) is 42.7 Å². The van der Waals surface area contributed by atoms with Crippen LogP contribution in [0, 0.1) is 6.92 Å². The molecular formula is C24H25N3O2S. The third kappa shape index (κ3) is 4.76. The number of anilines is 1. The average molecular weight is 420 g/mol. The molecule has 0 atom stereocenters. The van der Waals surface area contributed by atoms with Crippen molar-refractivity contribution in [3.8, 4) is 5.75 Å². The number of piperazine rings is 1. The number of ether oxygens (including phenoxy) is 1. The lowest BCUT2D eigenvalue weighted by molar-refractivity contribution is -0.113. The lowest BCUT2D eigenvalue weighted by atomic mass is 10.2. The fourth-order valence-electron chi connectivity index (χ4n) is 3.41. The lowest BCUT2D eigenvalue weighted by Gasteiger charge is -2.36. The Morgan fingerprint density at radius 1 is 1.03 bits per heavy atom. The van der Waals surface area contributed by atoms with Crippen molar-refractivity contribution in [1.82, 2.24) is 4.90 Å². The van der Waals surface area contributed by atoms with Crippen LogP contribution in [0.3, 0.4) is 0 Å². The number of rotatable bonds is 5. The molecule has 6 heteroatoms. The summed E-state index contributed by atoms with van der Waals surface area (Å²) in [5.74, 6) is 0.619. The second-order valence-electron chi connectivity index (χ2n) is 7.29. The molecule has 30 heavy (non-hydrogen) atoms. The van der Waals surface area contributed by atoms with Crippen molar-refractivity contribution in [2.24, 2.45) is 4.99 Å². The zero-order chi connectivity index (χ0) is 20.9. The van der Waals surface area contributed by atoms with E-state index in [1.54, 1.807) is 6.08 Å². The highest BCUT2D eigenvalue weighted by Crippen LogP contribution is 2.31. The summed E-state index contributed by atoms with van der Waals surface area (Å²) in [6.07, 6.45) is 3.60. The lowest BCUT2D eigenvalue weighted by Crippen LogP contribution is -2.47. The van der Waals surface area contributed by atoms with Crippen molar-refractivity contribution in [2.45, 2.75) is 6.92 Å². The van der Waals surface area contributed by atoms with E-state index in [9.17, 15) is 4.79 Å². The molecule has 0 radical (unpaired) electrons. The van der Waals surface area contributed by atoms with Crippen LogP contribution in [0.1, 0.15) is 11.1 Å². The summed E-state index contributed by atoms with van der Waals surface area (Å²) in [6.45, 7) is 9.77. The standard InChI is InChI=1S/C24H25N3O2S/c1-3-16-29-21-10-6-19(7-11-21)17-22-23(28)25-24(30-22)27-14-12-26(13-15-27)20-8-4-18(2)5-9-20/h3-11,17H,1,12-16H2,2H3/b22-17-. The van der Waals surface area contributed by atoms with E-state index in [2.05, 4.69) is 52.6 Å². The number of benzene rings is 2. The minimum absolute atomic E-state index is 0.164. The Morgan fingerprint density at radius 3 is 2.37 bits per heavy atom. The molecule has 1 fully saturated rings. The summed E-state index contributed by atoms with van der Waals surface area (Å²) < 4.78 is 5.50. The van der Waals surface area contributed by atoms with Crippen LogP contribution in [0.5, 0.6) is 5.75 Å². The number of carbonyl (C=O) groups is 1. The van der Waals surface area contributed by atoms with E-state index in [1.165, 1.54) is 23.0 Å². The van der Waals surface area contributed by atoms with Gasteiger partial charge in [-0.05, 0) is 54.6 Å². The Morgan fingerprint density at radius 2 is 1.70 bits per heavy atom. The van der Waals surface area contributed by atoms with E-state index >= 15 is 0 Å². The van der Waals surface area contributed by atoms with Crippen molar-refractivity contribution in [3.63, 3.8) is 0 Å². The van der Waals surface area contributed by atoms with Gasteiger partial charge >= 0.3 is 0 Å². The van der Waals surface area contributed by atoms with Gasteiger partial charge in [0.05, 0.1) is 4.91 Å². The summed E-state index contributed by atoms with van der Waals surface area (Å²) in [7, 11) is 0. The summed E-state index contributed by atoms with van der Waals surface area (Å²) >= 11 is 1.46. The topological polar surface area (TPSA) is 45.1 Å². The maximum Gasteiger partial charge on any atom is 0.286 e. The molecule has 2 aromatic carbocycles. The molecule has 0 aromatic heterocycles. The van der Waals surface area contributed by atoms with Gasteiger partial charge in [-0.2, -0.15) is 4.99 Å². The van der Waals surface area contributed by atoms with Crippen LogP contribution < -0.4 is 9.64 Å². The first-order valence-electron chi connectivity index (χ1n) is 10.1. The molecule has 2 aliphatic heterocycles. The summed E-state index contributed by atoms with van der Waals surface area (Å²) in [5.41, 5.74) is 3.47. The van der Waals surface area contributed by atoms with Gasteiger partial charge in [-0.15, -0.1) is 0 Å². The fraction of sp³-hybridized carbons (Fsp3) is 0.250. The fourth-order valence-corrected chi connectivity index (χ4v) is 4.38. The molecule has 2 aromatic rings. The molecule has 0 bridgehead atoms. The quantitative estimate of drug-likeness (QED) is 0.533. The van der Waals surface area contributed by atoms with Gasteiger partial charge in [0.1, 0.15) is 12.4 Å². The molecule has 154 valence electrons. The first-order chi connectivity index (χ1) is 14.6. The van der Waals surface area contributed by atoms with E-state index in [-0.39, 0.29) is 5.91 Å². The summed E-state index contributed by atoms with van der Waals surface area (Å²) in [6, 6.07) is 16.3. The Bertz CT molecular complexity index is 973. The Labute approximate surface area is 181 Å². The molecule has 0 aliphatic carbocycles. The van der Waals surface area contributed by atoms with Crippen LogP contribution in [0.2, 0.25) is 0 Å². The predicted octanol–water partition coefficient (Wildman–Crippen LogP) is 4.35. The van der Waals surface area contributed by atoms with E-state index in [4.69, 9.17) is 4.74 Å². The van der Waals surface area contributed by atoms with Gasteiger partial charge in [0.25, 0.3) is 5.91 Å². The first-order valence-corrected chi connectivity index (χ1v) is 10.9. The van der Waals surface area contributed by atoms with Crippen LogP contribution in [-0.4, -0.2) is 48.8 Å². The van der Waals surface area contributed by atoms with Crippen LogP contribution in [-0.2, 0) is 4.79 Å². The number of hydrogen-bond acceptors (Lipinski definition) is 5. The maximum absolute atomic E-state index is 12.4. The van der Waals surface area contributed by atoms with Crippen LogP contribution >= 0.6 is 11.8 Å². The third-order valence-electron chi connectivity index (χ3n) is 5.10. The molecule has 0 saturated carbocycles. The van der Waals surface area contributed by atoms with Crippen molar-refractivity contribution in [3.05, 3.63) is 77.2 Å².